The maximum Gasteiger partial charge on any atom is 0.118 e. The van der Waals surface area contributed by atoms with Gasteiger partial charge in [0.05, 0.1) is 0 Å². The van der Waals surface area contributed by atoms with E-state index in [4.69, 9.17) is 0 Å². The molecule has 104 valence electrons. The number of hydrogen-bond donors (Lipinski definition) is 2. The van der Waals surface area contributed by atoms with Crippen LogP contribution in [0.5, 0.6) is 5.75 Å². The van der Waals surface area contributed by atoms with Gasteiger partial charge in [-0.2, -0.15) is 0 Å². The summed E-state index contributed by atoms with van der Waals surface area (Å²) in [5.41, 5.74) is 6.12. The Morgan fingerprint density at radius 1 is 1.05 bits per heavy atom. The van der Waals surface area contributed by atoms with Crippen molar-refractivity contribution in [2.45, 2.75) is 39.2 Å². The highest BCUT2D eigenvalue weighted by Gasteiger charge is 2.18. The van der Waals surface area contributed by atoms with Crippen LogP contribution in [0.15, 0.2) is 36.4 Å². The topological polar surface area (TPSA) is 32.3 Å². The van der Waals surface area contributed by atoms with Gasteiger partial charge in [0.25, 0.3) is 0 Å². The minimum absolute atomic E-state index is 0.377. The molecule has 0 aromatic heterocycles. The lowest BCUT2D eigenvalue weighted by Gasteiger charge is -2.27. The van der Waals surface area contributed by atoms with Gasteiger partial charge in [0.1, 0.15) is 5.75 Å². The fourth-order valence-electron chi connectivity index (χ4n) is 3.00. The SMILES string of the molecule is Cc1cc(NC2CCc3ccccc3C2)c(C)cc1O. The molecule has 1 atom stereocenters. The normalized spacial score (nSPS) is 17.6. The van der Waals surface area contributed by atoms with Crippen LogP contribution in [-0.2, 0) is 12.8 Å². The van der Waals surface area contributed by atoms with Crippen LogP contribution >= 0.6 is 0 Å². The Kier molecular flexibility index (Phi) is 3.39. The van der Waals surface area contributed by atoms with Crippen LogP contribution in [0.25, 0.3) is 0 Å². The molecule has 0 radical (unpaired) electrons. The van der Waals surface area contributed by atoms with Gasteiger partial charge < -0.3 is 10.4 Å². The van der Waals surface area contributed by atoms with Crippen LogP contribution in [0, 0.1) is 13.8 Å². The molecule has 1 aliphatic carbocycles. The number of phenolic OH excluding ortho intramolecular Hbond substituents is 1. The molecule has 2 heteroatoms. The average Bonchev–Trinajstić information content (AvgIpc) is 2.44. The Labute approximate surface area is 120 Å². The summed E-state index contributed by atoms with van der Waals surface area (Å²) in [5.74, 6) is 0.377. The van der Waals surface area contributed by atoms with Gasteiger partial charge >= 0.3 is 0 Å². The maximum absolute atomic E-state index is 9.73. The summed E-state index contributed by atoms with van der Waals surface area (Å²) < 4.78 is 0. The van der Waals surface area contributed by atoms with Gasteiger partial charge in [0.15, 0.2) is 0 Å². The van der Waals surface area contributed by atoms with Crippen LogP contribution in [0.4, 0.5) is 5.69 Å². The number of fused-ring (bicyclic) bond motifs is 1. The molecule has 2 aromatic carbocycles. The highest BCUT2D eigenvalue weighted by atomic mass is 16.3. The third-order valence-corrected chi connectivity index (χ3v) is 4.25. The Morgan fingerprint density at radius 3 is 2.60 bits per heavy atom. The fourth-order valence-corrected chi connectivity index (χ4v) is 3.00. The van der Waals surface area contributed by atoms with Crippen LogP contribution in [0.1, 0.15) is 28.7 Å². The Balaban J connectivity index is 1.78. The number of phenols is 1. The molecule has 0 spiro atoms. The molecule has 2 nitrogen and oxygen atoms in total. The number of hydrogen-bond acceptors (Lipinski definition) is 2. The molecule has 0 fully saturated rings. The molecule has 20 heavy (non-hydrogen) atoms. The van der Waals surface area contributed by atoms with Crippen molar-refractivity contribution in [2.75, 3.05) is 5.32 Å². The van der Waals surface area contributed by atoms with Crippen LogP contribution < -0.4 is 5.32 Å². The summed E-state index contributed by atoms with van der Waals surface area (Å²) in [6.07, 6.45) is 3.38. The fraction of sp³-hybridized carbons (Fsp3) is 0.333. The van der Waals surface area contributed by atoms with Crippen molar-refractivity contribution in [1.29, 1.82) is 0 Å². The van der Waals surface area contributed by atoms with Gasteiger partial charge in [-0.05, 0) is 67.5 Å². The molecule has 0 heterocycles. The van der Waals surface area contributed by atoms with E-state index in [1.165, 1.54) is 11.1 Å². The van der Waals surface area contributed by atoms with Crippen LogP contribution in [0.2, 0.25) is 0 Å². The summed E-state index contributed by atoms with van der Waals surface area (Å²) >= 11 is 0. The number of rotatable bonds is 2. The first kappa shape index (κ1) is 13.0. The molecule has 0 saturated heterocycles. The van der Waals surface area contributed by atoms with E-state index in [2.05, 4.69) is 29.6 Å². The van der Waals surface area contributed by atoms with Crippen molar-refractivity contribution < 1.29 is 5.11 Å². The van der Waals surface area contributed by atoms with Gasteiger partial charge in [0, 0.05) is 11.7 Å². The molecule has 2 N–H and O–H groups in total. The minimum atomic E-state index is 0.377. The first-order chi connectivity index (χ1) is 9.63. The molecule has 1 aliphatic rings. The van der Waals surface area contributed by atoms with Crippen molar-refractivity contribution in [2.24, 2.45) is 0 Å². The lowest BCUT2D eigenvalue weighted by atomic mass is 9.88. The van der Waals surface area contributed by atoms with E-state index >= 15 is 0 Å². The molecule has 0 aliphatic heterocycles. The first-order valence-electron chi connectivity index (χ1n) is 7.27. The molecular formula is C18H21NO. The monoisotopic (exact) mass is 267 g/mol. The molecule has 0 saturated carbocycles. The average molecular weight is 267 g/mol. The third-order valence-electron chi connectivity index (χ3n) is 4.25. The third kappa shape index (κ3) is 2.51. The van der Waals surface area contributed by atoms with Gasteiger partial charge in [-0.15, -0.1) is 0 Å². The molecular weight excluding hydrogens is 246 g/mol. The number of aryl methyl sites for hydroxylation is 3. The van der Waals surface area contributed by atoms with Crippen molar-refractivity contribution in [3.05, 3.63) is 58.7 Å². The van der Waals surface area contributed by atoms with Crippen molar-refractivity contribution in [1.82, 2.24) is 0 Å². The Morgan fingerprint density at radius 2 is 1.80 bits per heavy atom. The second-order valence-electron chi connectivity index (χ2n) is 5.81. The minimum Gasteiger partial charge on any atom is -0.508 e. The van der Waals surface area contributed by atoms with Gasteiger partial charge in [-0.3, -0.25) is 0 Å². The van der Waals surface area contributed by atoms with E-state index in [9.17, 15) is 5.11 Å². The zero-order valence-electron chi connectivity index (χ0n) is 12.1. The van der Waals surface area contributed by atoms with Gasteiger partial charge in [-0.1, -0.05) is 24.3 Å². The predicted octanol–water partition coefficient (Wildman–Crippen LogP) is 3.98. The summed E-state index contributed by atoms with van der Waals surface area (Å²) in [7, 11) is 0. The summed E-state index contributed by atoms with van der Waals surface area (Å²) in [6, 6.07) is 13.1. The van der Waals surface area contributed by atoms with Gasteiger partial charge in [-0.25, -0.2) is 0 Å². The van der Waals surface area contributed by atoms with E-state index in [-0.39, 0.29) is 0 Å². The highest BCUT2D eigenvalue weighted by Crippen LogP contribution is 2.28. The first-order valence-corrected chi connectivity index (χ1v) is 7.27. The highest BCUT2D eigenvalue weighted by molar-refractivity contribution is 5.57. The standard InChI is InChI=1S/C18H21NO/c1-12-10-18(20)13(2)9-17(12)19-16-8-7-14-5-3-4-6-15(14)11-16/h3-6,9-10,16,19-20H,7-8,11H2,1-2H3. The zero-order valence-corrected chi connectivity index (χ0v) is 12.1. The molecule has 1 unspecified atom stereocenters. The van der Waals surface area contributed by atoms with E-state index in [1.807, 2.05) is 26.0 Å². The molecule has 3 rings (SSSR count). The number of aromatic hydroxyl groups is 1. The van der Waals surface area contributed by atoms with E-state index in [0.29, 0.717) is 11.8 Å². The van der Waals surface area contributed by atoms with E-state index in [0.717, 1.165) is 36.1 Å². The maximum atomic E-state index is 9.73. The van der Waals surface area contributed by atoms with Gasteiger partial charge in [0.2, 0.25) is 0 Å². The Bertz CT molecular complexity index is 633. The van der Waals surface area contributed by atoms with Crippen molar-refractivity contribution in [3.63, 3.8) is 0 Å². The lowest BCUT2D eigenvalue weighted by molar-refractivity contribution is 0.470. The predicted molar refractivity (Wildman–Crippen MR) is 83.5 cm³/mol. The summed E-state index contributed by atoms with van der Waals surface area (Å²) in [4.78, 5) is 0. The number of anilines is 1. The zero-order chi connectivity index (χ0) is 14.1. The molecule has 0 bridgehead atoms. The van der Waals surface area contributed by atoms with E-state index < -0.39 is 0 Å². The van der Waals surface area contributed by atoms with Crippen molar-refractivity contribution >= 4 is 5.69 Å². The van der Waals surface area contributed by atoms with Crippen LogP contribution in [-0.4, -0.2) is 11.1 Å². The van der Waals surface area contributed by atoms with E-state index in [1.54, 1.807) is 0 Å². The number of benzene rings is 2. The quantitative estimate of drug-likeness (QED) is 0.807. The smallest absolute Gasteiger partial charge is 0.118 e. The molecule has 0 amide bonds. The molecule has 2 aromatic rings. The summed E-state index contributed by atoms with van der Waals surface area (Å²) in [6.45, 7) is 3.98. The summed E-state index contributed by atoms with van der Waals surface area (Å²) in [5, 5.41) is 13.4. The second-order valence-corrected chi connectivity index (χ2v) is 5.81. The van der Waals surface area contributed by atoms with Crippen LogP contribution in [0.3, 0.4) is 0 Å². The number of nitrogens with one attached hydrogen (secondary N) is 1. The second kappa shape index (κ2) is 5.20. The van der Waals surface area contributed by atoms with Crippen molar-refractivity contribution in [3.8, 4) is 5.75 Å². The Hall–Kier alpha value is -1.96. The lowest BCUT2D eigenvalue weighted by Crippen LogP contribution is -2.27. The largest absolute Gasteiger partial charge is 0.508 e.